The Morgan fingerprint density at radius 1 is 1.31 bits per heavy atom. The van der Waals surface area contributed by atoms with Crippen molar-refractivity contribution in [3.05, 3.63) is 47.9 Å². The van der Waals surface area contributed by atoms with E-state index in [0.717, 1.165) is 6.07 Å². The highest BCUT2D eigenvalue weighted by Crippen LogP contribution is 2.29. The Hall–Kier alpha value is -2.48. The van der Waals surface area contributed by atoms with Crippen molar-refractivity contribution in [1.29, 1.82) is 0 Å². The lowest BCUT2D eigenvalue weighted by atomic mass is 10.2. The second-order valence-electron chi connectivity index (χ2n) is 6.72. The van der Waals surface area contributed by atoms with E-state index in [1.807, 2.05) is 0 Å². The van der Waals surface area contributed by atoms with E-state index in [1.54, 1.807) is 27.0 Å². The predicted octanol–water partition coefficient (Wildman–Crippen LogP) is 3.09. The van der Waals surface area contributed by atoms with Crippen LogP contribution in [0.2, 0.25) is 0 Å². The third-order valence-electron chi connectivity index (χ3n) is 4.15. The zero-order chi connectivity index (χ0) is 19.9. The van der Waals surface area contributed by atoms with Gasteiger partial charge in [0.1, 0.15) is 21.3 Å². The SMILES string of the molecule is C=C(C)c1cc(NC(=O)C(C)(C)S(=O)(=O)c2ccc(C)cc2F)n(C)n1. The van der Waals surface area contributed by atoms with E-state index in [2.05, 4.69) is 17.0 Å². The number of rotatable bonds is 5. The minimum Gasteiger partial charge on any atom is -0.310 e. The Kier molecular flexibility index (Phi) is 5.10. The topological polar surface area (TPSA) is 81.1 Å². The molecule has 0 saturated heterocycles. The van der Waals surface area contributed by atoms with Crippen molar-refractivity contribution < 1.29 is 17.6 Å². The molecule has 1 heterocycles. The van der Waals surface area contributed by atoms with Gasteiger partial charge >= 0.3 is 0 Å². The molecule has 0 aliphatic carbocycles. The lowest BCUT2D eigenvalue weighted by Crippen LogP contribution is -2.45. The van der Waals surface area contributed by atoms with Crippen LogP contribution in [0.15, 0.2) is 35.7 Å². The number of carbonyl (C=O) groups is 1. The first-order chi connectivity index (χ1) is 11.9. The lowest BCUT2D eigenvalue weighted by Gasteiger charge is -2.24. The fourth-order valence-electron chi connectivity index (χ4n) is 2.28. The normalized spacial score (nSPS) is 12.1. The Labute approximate surface area is 152 Å². The fraction of sp³-hybridized carbons (Fsp3) is 0.333. The Bertz CT molecular complexity index is 991. The summed E-state index contributed by atoms with van der Waals surface area (Å²) in [6, 6.07) is 5.39. The Morgan fingerprint density at radius 2 is 1.92 bits per heavy atom. The zero-order valence-electron chi connectivity index (χ0n) is 15.4. The maximum Gasteiger partial charge on any atom is 0.246 e. The number of amides is 1. The van der Waals surface area contributed by atoms with Crippen LogP contribution in [0.3, 0.4) is 0 Å². The molecule has 8 heteroatoms. The molecule has 0 unspecified atom stereocenters. The van der Waals surface area contributed by atoms with Gasteiger partial charge in [-0.3, -0.25) is 9.48 Å². The minimum absolute atomic E-state index is 0.320. The molecule has 1 aromatic carbocycles. The number of aryl methyl sites for hydroxylation is 2. The molecule has 0 radical (unpaired) electrons. The molecule has 1 N–H and O–H groups in total. The number of benzene rings is 1. The number of allylic oxidation sites excluding steroid dienone is 1. The molecule has 0 aliphatic rings. The summed E-state index contributed by atoms with van der Waals surface area (Å²) in [5.74, 6) is -1.34. The van der Waals surface area contributed by atoms with Crippen LogP contribution in [0.1, 0.15) is 32.0 Å². The van der Waals surface area contributed by atoms with Crippen LogP contribution >= 0.6 is 0 Å². The Morgan fingerprint density at radius 3 is 2.42 bits per heavy atom. The smallest absolute Gasteiger partial charge is 0.246 e. The van der Waals surface area contributed by atoms with Gasteiger partial charge in [0.05, 0.1) is 5.69 Å². The zero-order valence-corrected chi connectivity index (χ0v) is 16.2. The van der Waals surface area contributed by atoms with Gasteiger partial charge in [0.2, 0.25) is 5.91 Å². The van der Waals surface area contributed by atoms with Crippen LogP contribution in [-0.2, 0) is 21.7 Å². The van der Waals surface area contributed by atoms with E-state index >= 15 is 0 Å². The van der Waals surface area contributed by atoms with Crippen LogP contribution < -0.4 is 5.32 Å². The molecule has 0 bridgehead atoms. The van der Waals surface area contributed by atoms with Crippen molar-refractivity contribution in [1.82, 2.24) is 9.78 Å². The van der Waals surface area contributed by atoms with Gasteiger partial charge in [-0.2, -0.15) is 5.10 Å². The molecule has 2 rings (SSSR count). The highest BCUT2D eigenvalue weighted by Gasteiger charge is 2.44. The fourth-order valence-corrected chi connectivity index (χ4v) is 3.69. The summed E-state index contributed by atoms with van der Waals surface area (Å²) in [5.41, 5.74) is 1.87. The number of carbonyl (C=O) groups excluding carboxylic acids is 1. The summed E-state index contributed by atoms with van der Waals surface area (Å²) >= 11 is 0. The Balaban J connectivity index is 2.39. The average Bonchev–Trinajstić information content (AvgIpc) is 2.88. The number of hydrogen-bond donors (Lipinski definition) is 1. The van der Waals surface area contributed by atoms with Crippen molar-refractivity contribution in [2.75, 3.05) is 5.32 Å². The molecule has 0 atom stereocenters. The van der Waals surface area contributed by atoms with Gasteiger partial charge in [-0.25, -0.2) is 12.8 Å². The highest BCUT2D eigenvalue weighted by molar-refractivity contribution is 7.93. The van der Waals surface area contributed by atoms with E-state index in [1.165, 1.54) is 30.7 Å². The van der Waals surface area contributed by atoms with Gasteiger partial charge in [-0.15, -0.1) is 0 Å². The van der Waals surface area contributed by atoms with Gasteiger partial charge in [-0.1, -0.05) is 12.6 Å². The first-order valence-corrected chi connectivity index (χ1v) is 9.38. The third kappa shape index (κ3) is 3.41. The van der Waals surface area contributed by atoms with Gasteiger partial charge in [0.25, 0.3) is 0 Å². The number of sulfone groups is 1. The second kappa shape index (κ2) is 6.68. The number of nitrogens with zero attached hydrogens (tertiary/aromatic N) is 2. The molecule has 26 heavy (non-hydrogen) atoms. The minimum atomic E-state index is -4.26. The van der Waals surface area contributed by atoms with Crippen molar-refractivity contribution >= 4 is 27.1 Å². The summed E-state index contributed by atoms with van der Waals surface area (Å²) in [6.07, 6.45) is 0. The highest BCUT2D eigenvalue weighted by atomic mass is 32.2. The summed E-state index contributed by atoms with van der Waals surface area (Å²) in [5, 5.41) is 6.73. The second-order valence-corrected chi connectivity index (χ2v) is 9.19. The number of nitrogens with one attached hydrogen (secondary N) is 1. The quantitative estimate of drug-likeness (QED) is 0.866. The monoisotopic (exact) mass is 379 g/mol. The molecule has 1 aromatic heterocycles. The predicted molar refractivity (Wildman–Crippen MR) is 98.9 cm³/mol. The third-order valence-corrected chi connectivity index (χ3v) is 6.59. The molecule has 0 aliphatic heterocycles. The van der Waals surface area contributed by atoms with Crippen LogP contribution in [0.4, 0.5) is 10.2 Å². The van der Waals surface area contributed by atoms with Crippen molar-refractivity contribution in [3.63, 3.8) is 0 Å². The summed E-state index contributed by atoms with van der Waals surface area (Å²) in [6.45, 7) is 9.68. The van der Waals surface area contributed by atoms with Crippen LogP contribution in [0.5, 0.6) is 0 Å². The molecule has 6 nitrogen and oxygen atoms in total. The van der Waals surface area contributed by atoms with Gasteiger partial charge < -0.3 is 5.32 Å². The van der Waals surface area contributed by atoms with E-state index in [0.29, 0.717) is 22.6 Å². The molecule has 0 saturated carbocycles. The average molecular weight is 379 g/mol. The molecular weight excluding hydrogens is 357 g/mol. The molecule has 2 aromatic rings. The maximum atomic E-state index is 14.2. The van der Waals surface area contributed by atoms with Crippen molar-refractivity contribution in [2.45, 2.75) is 37.3 Å². The van der Waals surface area contributed by atoms with E-state index in [4.69, 9.17) is 0 Å². The van der Waals surface area contributed by atoms with Crippen LogP contribution in [0, 0.1) is 12.7 Å². The summed E-state index contributed by atoms with van der Waals surface area (Å²) < 4.78 is 39.5. The van der Waals surface area contributed by atoms with E-state index in [9.17, 15) is 17.6 Å². The number of halogens is 1. The molecule has 0 fully saturated rings. The van der Waals surface area contributed by atoms with E-state index < -0.39 is 31.2 Å². The van der Waals surface area contributed by atoms with E-state index in [-0.39, 0.29) is 0 Å². The number of anilines is 1. The van der Waals surface area contributed by atoms with Crippen LogP contribution in [0.25, 0.3) is 5.57 Å². The number of hydrogen-bond acceptors (Lipinski definition) is 4. The standard InChI is InChI=1S/C18H22FN3O3S/c1-11(2)14-10-16(22(6)21-14)20-17(23)18(4,5)26(24,25)15-8-7-12(3)9-13(15)19/h7-10H,1H2,2-6H3,(H,20,23). The lowest BCUT2D eigenvalue weighted by molar-refractivity contribution is -0.117. The van der Waals surface area contributed by atoms with Gasteiger partial charge in [0.15, 0.2) is 9.84 Å². The van der Waals surface area contributed by atoms with Crippen LogP contribution in [-0.4, -0.2) is 28.9 Å². The largest absolute Gasteiger partial charge is 0.310 e. The molecular formula is C18H22FN3O3S. The first kappa shape index (κ1) is 19.8. The van der Waals surface area contributed by atoms with Crippen molar-refractivity contribution in [2.24, 2.45) is 7.05 Å². The molecule has 140 valence electrons. The van der Waals surface area contributed by atoms with Gasteiger partial charge in [0, 0.05) is 13.1 Å². The maximum absolute atomic E-state index is 14.2. The molecule has 0 spiro atoms. The first-order valence-electron chi connectivity index (χ1n) is 7.90. The molecule has 1 amide bonds. The van der Waals surface area contributed by atoms with Crippen molar-refractivity contribution in [3.8, 4) is 0 Å². The number of aromatic nitrogens is 2. The van der Waals surface area contributed by atoms with Gasteiger partial charge in [-0.05, 0) is 51.0 Å². The summed E-state index contributed by atoms with van der Waals surface area (Å²) in [7, 11) is -2.65. The summed E-state index contributed by atoms with van der Waals surface area (Å²) in [4.78, 5) is 12.2.